The van der Waals surface area contributed by atoms with Crippen LogP contribution in [0.3, 0.4) is 0 Å². The van der Waals surface area contributed by atoms with Gasteiger partial charge in [0.1, 0.15) is 5.82 Å². The fraction of sp³-hybridized carbons (Fsp3) is 0.417. The molecule has 0 bridgehead atoms. The molecule has 5 heteroatoms. The molecule has 1 rings (SSSR count). The molecular weight excluding hydrogens is 289 g/mol. The number of likely N-dealkylation sites (N-methyl/N-ethyl adjacent to an activating group) is 1. The number of rotatable bonds is 3. The highest BCUT2D eigenvalue weighted by Gasteiger charge is 2.28. The van der Waals surface area contributed by atoms with Gasteiger partial charge >= 0.3 is 0 Å². The Morgan fingerprint density at radius 2 is 2.12 bits per heavy atom. The number of aliphatic hydroxyl groups excluding tert-OH is 1. The first kappa shape index (κ1) is 14.1. The molecule has 0 heterocycles. The van der Waals surface area contributed by atoms with E-state index in [0.717, 1.165) is 0 Å². The monoisotopic (exact) mass is 303 g/mol. The molecule has 0 aliphatic rings. The quantitative estimate of drug-likeness (QED) is 0.932. The Morgan fingerprint density at radius 1 is 1.53 bits per heavy atom. The number of nitrogens with zero attached hydrogens (tertiary/aromatic N) is 1. The summed E-state index contributed by atoms with van der Waals surface area (Å²) in [6.07, 6.45) is 0. The fourth-order valence-corrected chi connectivity index (χ4v) is 1.58. The molecule has 1 aromatic carbocycles. The van der Waals surface area contributed by atoms with Gasteiger partial charge in [-0.05, 0) is 32.0 Å². The van der Waals surface area contributed by atoms with E-state index >= 15 is 0 Å². The van der Waals surface area contributed by atoms with Gasteiger partial charge in [0, 0.05) is 11.5 Å². The van der Waals surface area contributed by atoms with E-state index in [-0.39, 0.29) is 12.2 Å². The SMILES string of the molecule is CN(C(=O)c1cc(Br)ccc1F)C(C)(C)CO. The van der Waals surface area contributed by atoms with E-state index in [2.05, 4.69) is 15.9 Å². The van der Waals surface area contributed by atoms with E-state index in [1.54, 1.807) is 20.9 Å². The van der Waals surface area contributed by atoms with Crippen molar-refractivity contribution < 1.29 is 14.3 Å². The standard InChI is InChI=1S/C12H15BrFNO2/c1-12(2,7-16)15(3)11(17)9-6-8(13)4-5-10(9)14/h4-6,16H,7H2,1-3H3. The van der Waals surface area contributed by atoms with Gasteiger partial charge < -0.3 is 10.0 Å². The zero-order chi connectivity index (χ0) is 13.2. The first-order valence-corrected chi connectivity index (χ1v) is 5.93. The summed E-state index contributed by atoms with van der Waals surface area (Å²) in [5, 5.41) is 9.19. The van der Waals surface area contributed by atoms with Crippen molar-refractivity contribution in [3.05, 3.63) is 34.1 Å². The number of carbonyl (C=O) groups is 1. The van der Waals surface area contributed by atoms with Crippen LogP contribution in [0.1, 0.15) is 24.2 Å². The second-order valence-electron chi connectivity index (χ2n) is 4.46. The van der Waals surface area contributed by atoms with Crippen LogP contribution in [0.5, 0.6) is 0 Å². The van der Waals surface area contributed by atoms with Crippen molar-refractivity contribution in [1.29, 1.82) is 0 Å². The van der Waals surface area contributed by atoms with Crippen LogP contribution in [0.15, 0.2) is 22.7 Å². The molecule has 0 unspecified atom stereocenters. The Labute approximate surface area is 108 Å². The lowest BCUT2D eigenvalue weighted by molar-refractivity contribution is 0.0469. The van der Waals surface area contributed by atoms with Gasteiger partial charge in [-0.15, -0.1) is 0 Å². The minimum absolute atomic E-state index is 0.0107. The maximum atomic E-state index is 13.5. The molecule has 0 fully saturated rings. The molecule has 0 atom stereocenters. The first-order valence-electron chi connectivity index (χ1n) is 5.13. The second-order valence-corrected chi connectivity index (χ2v) is 5.37. The van der Waals surface area contributed by atoms with Crippen LogP contribution < -0.4 is 0 Å². The van der Waals surface area contributed by atoms with Gasteiger partial charge in [0.15, 0.2) is 0 Å². The lowest BCUT2D eigenvalue weighted by Crippen LogP contribution is -2.47. The molecule has 0 radical (unpaired) electrons. The van der Waals surface area contributed by atoms with Gasteiger partial charge in [0.25, 0.3) is 5.91 Å². The van der Waals surface area contributed by atoms with Gasteiger partial charge in [0.2, 0.25) is 0 Å². The van der Waals surface area contributed by atoms with Crippen molar-refractivity contribution in [3.63, 3.8) is 0 Å². The fourth-order valence-electron chi connectivity index (χ4n) is 1.22. The van der Waals surface area contributed by atoms with E-state index in [9.17, 15) is 14.3 Å². The van der Waals surface area contributed by atoms with Crippen molar-refractivity contribution in [2.24, 2.45) is 0 Å². The molecule has 3 nitrogen and oxygen atoms in total. The van der Waals surface area contributed by atoms with Gasteiger partial charge in [-0.1, -0.05) is 15.9 Å². The summed E-state index contributed by atoms with van der Waals surface area (Å²) in [7, 11) is 1.54. The van der Waals surface area contributed by atoms with Crippen LogP contribution >= 0.6 is 15.9 Å². The molecule has 17 heavy (non-hydrogen) atoms. The molecule has 94 valence electrons. The van der Waals surface area contributed by atoms with Crippen molar-refractivity contribution in [1.82, 2.24) is 4.90 Å². The lowest BCUT2D eigenvalue weighted by atomic mass is 10.0. The number of halogens is 2. The van der Waals surface area contributed by atoms with Crippen molar-refractivity contribution in [2.75, 3.05) is 13.7 Å². The molecule has 0 spiro atoms. The molecule has 0 saturated carbocycles. The van der Waals surface area contributed by atoms with Crippen molar-refractivity contribution >= 4 is 21.8 Å². The van der Waals surface area contributed by atoms with Gasteiger partial charge in [0.05, 0.1) is 17.7 Å². The number of carbonyl (C=O) groups excluding carboxylic acids is 1. The maximum Gasteiger partial charge on any atom is 0.257 e. The van der Waals surface area contributed by atoms with Crippen LogP contribution in [0.4, 0.5) is 4.39 Å². The number of aliphatic hydroxyl groups is 1. The first-order chi connectivity index (χ1) is 7.79. The zero-order valence-electron chi connectivity index (χ0n) is 10.00. The smallest absolute Gasteiger partial charge is 0.257 e. The van der Waals surface area contributed by atoms with E-state index in [0.29, 0.717) is 4.47 Å². The summed E-state index contributed by atoms with van der Waals surface area (Å²) in [6, 6.07) is 4.20. The lowest BCUT2D eigenvalue weighted by Gasteiger charge is -2.34. The minimum atomic E-state index is -0.730. The summed E-state index contributed by atoms with van der Waals surface area (Å²) < 4.78 is 14.2. The molecule has 0 aromatic heterocycles. The van der Waals surface area contributed by atoms with Crippen molar-refractivity contribution in [3.8, 4) is 0 Å². The topological polar surface area (TPSA) is 40.5 Å². The van der Waals surface area contributed by atoms with Gasteiger partial charge in [-0.2, -0.15) is 0 Å². The normalized spacial score (nSPS) is 11.4. The Hall–Kier alpha value is -0.940. The molecule has 1 amide bonds. The Kier molecular flexibility index (Phi) is 4.27. The average molecular weight is 304 g/mol. The molecule has 0 aliphatic carbocycles. The predicted octanol–water partition coefficient (Wildman–Crippen LogP) is 2.43. The summed E-state index contributed by atoms with van der Waals surface area (Å²) in [5.74, 6) is -1.03. The zero-order valence-corrected chi connectivity index (χ0v) is 11.6. The summed E-state index contributed by atoms with van der Waals surface area (Å²) in [5.41, 5.74) is -0.741. The van der Waals surface area contributed by atoms with E-state index < -0.39 is 17.3 Å². The molecule has 1 N–H and O–H groups in total. The molecule has 1 aromatic rings. The number of hydrogen-bond donors (Lipinski definition) is 1. The average Bonchev–Trinajstić information content (AvgIpc) is 2.30. The minimum Gasteiger partial charge on any atom is -0.394 e. The summed E-state index contributed by atoms with van der Waals surface area (Å²) in [4.78, 5) is 13.4. The highest BCUT2D eigenvalue weighted by Crippen LogP contribution is 2.20. The van der Waals surface area contributed by atoms with Crippen LogP contribution in [-0.4, -0.2) is 35.1 Å². The molecular formula is C12H15BrFNO2. The Balaban J connectivity index is 3.08. The van der Waals surface area contributed by atoms with Gasteiger partial charge in [-0.3, -0.25) is 4.79 Å². The maximum absolute atomic E-state index is 13.5. The summed E-state index contributed by atoms with van der Waals surface area (Å²) >= 11 is 3.19. The van der Waals surface area contributed by atoms with Crippen LogP contribution in [-0.2, 0) is 0 Å². The van der Waals surface area contributed by atoms with E-state index in [4.69, 9.17) is 0 Å². The Bertz CT molecular complexity index is 435. The highest BCUT2D eigenvalue weighted by molar-refractivity contribution is 9.10. The third-order valence-electron chi connectivity index (χ3n) is 2.76. The second kappa shape index (κ2) is 5.14. The highest BCUT2D eigenvalue weighted by atomic mass is 79.9. The van der Waals surface area contributed by atoms with Crippen LogP contribution in [0, 0.1) is 5.82 Å². The van der Waals surface area contributed by atoms with E-state index in [1.165, 1.54) is 23.1 Å². The van der Waals surface area contributed by atoms with Crippen LogP contribution in [0.25, 0.3) is 0 Å². The largest absolute Gasteiger partial charge is 0.394 e. The van der Waals surface area contributed by atoms with Gasteiger partial charge in [-0.25, -0.2) is 4.39 Å². The predicted molar refractivity (Wildman–Crippen MR) is 67.4 cm³/mol. The van der Waals surface area contributed by atoms with E-state index in [1.807, 2.05) is 0 Å². The molecule has 0 saturated heterocycles. The number of hydrogen-bond acceptors (Lipinski definition) is 2. The third kappa shape index (κ3) is 3.04. The Morgan fingerprint density at radius 3 is 2.65 bits per heavy atom. The number of benzene rings is 1. The summed E-state index contributed by atoms with van der Waals surface area (Å²) in [6.45, 7) is 3.23. The molecule has 0 aliphatic heterocycles. The van der Waals surface area contributed by atoms with Crippen molar-refractivity contribution in [2.45, 2.75) is 19.4 Å². The third-order valence-corrected chi connectivity index (χ3v) is 3.25. The van der Waals surface area contributed by atoms with Crippen LogP contribution in [0.2, 0.25) is 0 Å². The number of amides is 1.